The van der Waals surface area contributed by atoms with Crippen LogP contribution in [-0.2, 0) is 6.61 Å². The van der Waals surface area contributed by atoms with Crippen molar-refractivity contribution in [3.63, 3.8) is 0 Å². The largest absolute Gasteiger partial charge is 0.489 e. The number of aryl methyl sites for hydroxylation is 1. The van der Waals surface area contributed by atoms with Gasteiger partial charge in [-0.1, -0.05) is 72.3 Å². The first-order chi connectivity index (χ1) is 13.7. The molecule has 0 N–H and O–H groups in total. The molecule has 0 radical (unpaired) electrons. The Morgan fingerprint density at radius 3 is 2.61 bits per heavy atom. The van der Waals surface area contributed by atoms with E-state index in [1.54, 1.807) is 0 Å². The standard InChI is InChI=1S/C25H20ClNO/c1-18-12-13-22(15-25(18)26)27-16-19-6-4-10-23(14-19)28-17-21-9-5-8-20-7-2-3-11-24(20)21/h2-16H,17H2,1H3. The summed E-state index contributed by atoms with van der Waals surface area (Å²) < 4.78 is 6.04. The molecule has 138 valence electrons. The first-order valence-corrected chi connectivity index (χ1v) is 9.56. The number of ether oxygens (including phenoxy) is 1. The Morgan fingerprint density at radius 1 is 0.893 bits per heavy atom. The van der Waals surface area contributed by atoms with E-state index in [1.807, 2.05) is 55.6 Å². The van der Waals surface area contributed by atoms with Gasteiger partial charge in [-0.2, -0.15) is 0 Å². The average Bonchev–Trinajstić information content (AvgIpc) is 2.73. The summed E-state index contributed by atoms with van der Waals surface area (Å²) >= 11 is 6.17. The lowest BCUT2D eigenvalue weighted by molar-refractivity contribution is 0.307. The molecule has 0 heterocycles. The van der Waals surface area contributed by atoms with Crippen LogP contribution in [0.15, 0.2) is 89.9 Å². The van der Waals surface area contributed by atoms with E-state index in [0.717, 1.165) is 27.6 Å². The van der Waals surface area contributed by atoms with E-state index >= 15 is 0 Å². The smallest absolute Gasteiger partial charge is 0.120 e. The molecule has 3 heteroatoms. The van der Waals surface area contributed by atoms with Crippen molar-refractivity contribution < 1.29 is 4.74 Å². The van der Waals surface area contributed by atoms with E-state index in [9.17, 15) is 0 Å². The van der Waals surface area contributed by atoms with Crippen molar-refractivity contribution in [2.75, 3.05) is 0 Å². The maximum atomic E-state index is 6.17. The molecule has 4 aromatic carbocycles. The number of benzene rings is 4. The van der Waals surface area contributed by atoms with Crippen molar-refractivity contribution in [3.8, 4) is 5.75 Å². The third-order valence-electron chi connectivity index (χ3n) is 4.65. The van der Waals surface area contributed by atoms with Crippen LogP contribution in [0.1, 0.15) is 16.7 Å². The van der Waals surface area contributed by atoms with Crippen molar-refractivity contribution in [2.24, 2.45) is 4.99 Å². The summed E-state index contributed by atoms with van der Waals surface area (Å²) in [7, 11) is 0. The van der Waals surface area contributed by atoms with Gasteiger partial charge in [-0.25, -0.2) is 0 Å². The summed E-state index contributed by atoms with van der Waals surface area (Å²) in [5.74, 6) is 0.818. The van der Waals surface area contributed by atoms with E-state index in [4.69, 9.17) is 16.3 Å². The lowest BCUT2D eigenvalue weighted by Crippen LogP contribution is -1.97. The molecule has 0 bridgehead atoms. The highest BCUT2D eigenvalue weighted by atomic mass is 35.5. The number of hydrogen-bond donors (Lipinski definition) is 0. The minimum Gasteiger partial charge on any atom is -0.489 e. The number of halogens is 1. The molecular weight excluding hydrogens is 366 g/mol. The average molecular weight is 386 g/mol. The van der Waals surface area contributed by atoms with Crippen LogP contribution in [0.5, 0.6) is 5.75 Å². The zero-order valence-electron chi connectivity index (χ0n) is 15.6. The van der Waals surface area contributed by atoms with Gasteiger partial charge < -0.3 is 4.74 Å². The molecule has 0 spiro atoms. The van der Waals surface area contributed by atoms with Gasteiger partial charge in [0.25, 0.3) is 0 Å². The Labute approximate surface area is 170 Å². The van der Waals surface area contributed by atoms with Gasteiger partial charge in [0.1, 0.15) is 12.4 Å². The lowest BCUT2D eigenvalue weighted by Gasteiger charge is -2.09. The lowest BCUT2D eigenvalue weighted by atomic mass is 10.1. The van der Waals surface area contributed by atoms with Crippen LogP contribution in [0.25, 0.3) is 10.8 Å². The van der Waals surface area contributed by atoms with Crippen LogP contribution in [-0.4, -0.2) is 6.21 Å². The number of hydrogen-bond acceptors (Lipinski definition) is 2. The van der Waals surface area contributed by atoms with Gasteiger partial charge in [-0.3, -0.25) is 4.99 Å². The van der Waals surface area contributed by atoms with Gasteiger partial charge in [-0.15, -0.1) is 0 Å². The van der Waals surface area contributed by atoms with E-state index in [-0.39, 0.29) is 0 Å². The number of aliphatic imine (C=N–C) groups is 1. The molecule has 0 atom stereocenters. The highest BCUT2D eigenvalue weighted by Gasteiger charge is 2.02. The maximum absolute atomic E-state index is 6.17. The summed E-state index contributed by atoms with van der Waals surface area (Å²) in [4.78, 5) is 4.51. The van der Waals surface area contributed by atoms with E-state index in [1.165, 1.54) is 16.3 Å². The van der Waals surface area contributed by atoms with Crippen molar-refractivity contribution >= 4 is 34.3 Å². The van der Waals surface area contributed by atoms with Crippen molar-refractivity contribution in [3.05, 3.63) is 107 Å². The zero-order valence-corrected chi connectivity index (χ0v) is 16.4. The molecule has 0 fully saturated rings. The number of fused-ring (bicyclic) bond motifs is 1. The topological polar surface area (TPSA) is 21.6 Å². The maximum Gasteiger partial charge on any atom is 0.120 e. The number of rotatable bonds is 5. The molecule has 0 aliphatic rings. The Balaban J connectivity index is 1.49. The fraction of sp³-hybridized carbons (Fsp3) is 0.0800. The summed E-state index contributed by atoms with van der Waals surface area (Å²) in [6, 6.07) is 28.4. The summed E-state index contributed by atoms with van der Waals surface area (Å²) in [5.41, 5.74) is 4.03. The van der Waals surface area contributed by atoms with Gasteiger partial charge in [0.2, 0.25) is 0 Å². The van der Waals surface area contributed by atoms with Crippen molar-refractivity contribution in [2.45, 2.75) is 13.5 Å². The zero-order chi connectivity index (χ0) is 19.3. The second kappa shape index (κ2) is 8.28. The van der Waals surface area contributed by atoms with E-state index < -0.39 is 0 Å². The third kappa shape index (κ3) is 4.24. The molecule has 4 aromatic rings. The predicted molar refractivity (Wildman–Crippen MR) is 118 cm³/mol. The molecule has 0 unspecified atom stereocenters. The summed E-state index contributed by atoms with van der Waals surface area (Å²) in [6.07, 6.45) is 1.83. The Hall–Kier alpha value is -3.10. The van der Waals surface area contributed by atoms with Crippen LogP contribution < -0.4 is 4.74 Å². The van der Waals surface area contributed by atoms with E-state index in [0.29, 0.717) is 6.61 Å². The quantitative estimate of drug-likeness (QED) is 0.335. The molecule has 0 aliphatic heterocycles. The van der Waals surface area contributed by atoms with Crippen LogP contribution in [0, 0.1) is 6.92 Å². The molecular formula is C25H20ClNO. The van der Waals surface area contributed by atoms with Crippen LogP contribution in [0.3, 0.4) is 0 Å². The van der Waals surface area contributed by atoms with Crippen LogP contribution in [0.2, 0.25) is 5.02 Å². The molecule has 28 heavy (non-hydrogen) atoms. The third-order valence-corrected chi connectivity index (χ3v) is 5.06. The van der Waals surface area contributed by atoms with Gasteiger partial charge >= 0.3 is 0 Å². The first-order valence-electron chi connectivity index (χ1n) is 9.19. The van der Waals surface area contributed by atoms with Crippen molar-refractivity contribution in [1.29, 1.82) is 0 Å². The van der Waals surface area contributed by atoms with Crippen molar-refractivity contribution in [1.82, 2.24) is 0 Å². The highest BCUT2D eigenvalue weighted by molar-refractivity contribution is 6.31. The molecule has 0 saturated carbocycles. The molecule has 2 nitrogen and oxygen atoms in total. The molecule has 4 rings (SSSR count). The predicted octanol–water partition coefficient (Wildman–Crippen LogP) is 7.13. The van der Waals surface area contributed by atoms with Crippen LogP contribution >= 0.6 is 11.6 Å². The van der Waals surface area contributed by atoms with Gasteiger partial charge in [0, 0.05) is 11.2 Å². The first kappa shape index (κ1) is 18.3. The summed E-state index contributed by atoms with van der Waals surface area (Å²) in [6.45, 7) is 2.50. The van der Waals surface area contributed by atoms with Crippen LogP contribution in [0.4, 0.5) is 5.69 Å². The molecule has 0 amide bonds. The minimum absolute atomic E-state index is 0.523. The molecule has 0 aliphatic carbocycles. The second-order valence-electron chi connectivity index (χ2n) is 6.69. The monoisotopic (exact) mass is 385 g/mol. The fourth-order valence-corrected chi connectivity index (χ4v) is 3.25. The fourth-order valence-electron chi connectivity index (χ4n) is 3.08. The Kier molecular flexibility index (Phi) is 5.41. The normalized spacial score (nSPS) is 11.2. The highest BCUT2D eigenvalue weighted by Crippen LogP contribution is 2.23. The number of nitrogens with zero attached hydrogens (tertiary/aromatic N) is 1. The summed E-state index contributed by atoms with van der Waals surface area (Å²) in [5, 5.41) is 3.17. The van der Waals surface area contributed by atoms with Gasteiger partial charge in [0.15, 0.2) is 0 Å². The Bertz CT molecular complexity index is 1140. The molecule has 0 aromatic heterocycles. The second-order valence-corrected chi connectivity index (χ2v) is 7.10. The minimum atomic E-state index is 0.523. The SMILES string of the molecule is Cc1ccc(N=Cc2cccc(OCc3cccc4ccccc34)c2)cc1Cl. The Morgan fingerprint density at radius 2 is 1.71 bits per heavy atom. The molecule has 0 saturated heterocycles. The van der Waals surface area contributed by atoms with E-state index in [2.05, 4.69) is 47.5 Å². The van der Waals surface area contributed by atoms with Gasteiger partial charge in [-0.05, 0) is 58.7 Å². The van der Waals surface area contributed by atoms with Gasteiger partial charge in [0.05, 0.1) is 5.69 Å².